The van der Waals surface area contributed by atoms with Crippen molar-refractivity contribution in [1.82, 2.24) is 0 Å². The Morgan fingerprint density at radius 2 is 1.93 bits per heavy atom. The molecule has 2 rings (SSSR count). The lowest BCUT2D eigenvalue weighted by molar-refractivity contribution is -0.136. The summed E-state index contributed by atoms with van der Waals surface area (Å²) in [6.45, 7) is 0. The molecular formula is C12H13F3. The molecule has 0 radical (unpaired) electrons. The van der Waals surface area contributed by atoms with E-state index in [1.165, 1.54) is 5.56 Å². The maximum absolute atomic E-state index is 12.1. The lowest BCUT2D eigenvalue weighted by atomic mass is 9.96. The van der Waals surface area contributed by atoms with Crippen LogP contribution in [0.25, 0.3) is 0 Å². The molecule has 0 aromatic heterocycles. The van der Waals surface area contributed by atoms with Gasteiger partial charge in [0, 0.05) is 6.42 Å². The molecule has 0 N–H and O–H groups in total. The first-order valence-corrected chi connectivity index (χ1v) is 5.21. The predicted molar refractivity (Wildman–Crippen MR) is 52.8 cm³/mol. The van der Waals surface area contributed by atoms with Gasteiger partial charge in [0.15, 0.2) is 0 Å². The van der Waals surface area contributed by atoms with Gasteiger partial charge in [-0.05, 0) is 36.3 Å². The van der Waals surface area contributed by atoms with Crippen LogP contribution in [0.3, 0.4) is 0 Å². The molecule has 0 aliphatic heterocycles. The molecule has 0 amide bonds. The number of hydrogen-bond acceptors (Lipinski definition) is 0. The first kappa shape index (κ1) is 10.5. The molecule has 82 valence electrons. The van der Waals surface area contributed by atoms with E-state index in [1.807, 2.05) is 24.3 Å². The highest BCUT2D eigenvalue weighted by molar-refractivity contribution is 5.34. The van der Waals surface area contributed by atoms with Crippen LogP contribution in [0.1, 0.15) is 36.3 Å². The minimum absolute atomic E-state index is 0.114. The lowest BCUT2D eigenvalue weighted by Crippen LogP contribution is -2.09. The van der Waals surface area contributed by atoms with Gasteiger partial charge in [-0.25, -0.2) is 0 Å². The zero-order valence-electron chi connectivity index (χ0n) is 8.35. The molecule has 0 nitrogen and oxygen atoms in total. The molecule has 0 heterocycles. The molecule has 0 fully saturated rings. The van der Waals surface area contributed by atoms with E-state index in [1.54, 1.807) is 0 Å². The number of hydrogen-bond donors (Lipinski definition) is 0. The average molecular weight is 214 g/mol. The summed E-state index contributed by atoms with van der Waals surface area (Å²) >= 11 is 0. The van der Waals surface area contributed by atoms with Crippen LogP contribution >= 0.6 is 0 Å². The maximum Gasteiger partial charge on any atom is 0.389 e. The summed E-state index contributed by atoms with van der Waals surface area (Å²) in [5.41, 5.74) is 2.35. The van der Waals surface area contributed by atoms with Crippen LogP contribution in [-0.4, -0.2) is 6.18 Å². The van der Waals surface area contributed by atoms with E-state index in [0.717, 1.165) is 18.4 Å². The highest BCUT2D eigenvalue weighted by Gasteiger charge is 2.30. The summed E-state index contributed by atoms with van der Waals surface area (Å²) in [4.78, 5) is 0. The van der Waals surface area contributed by atoms with Crippen molar-refractivity contribution in [2.45, 2.75) is 37.8 Å². The quantitative estimate of drug-likeness (QED) is 0.696. The second-order valence-corrected chi connectivity index (χ2v) is 4.09. The molecule has 1 atom stereocenters. The van der Waals surface area contributed by atoms with Gasteiger partial charge >= 0.3 is 6.18 Å². The molecule has 1 unspecified atom stereocenters. The number of rotatable bonds is 2. The number of halogens is 3. The number of fused-ring (bicyclic) bond motifs is 1. The minimum Gasteiger partial charge on any atom is -0.171 e. The van der Waals surface area contributed by atoms with Crippen molar-refractivity contribution >= 4 is 0 Å². The van der Waals surface area contributed by atoms with E-state index in [-0.39, 0.29) is 12.3 Å². The highest BCUT2D eigenvalue weighted by Crippen LogP contribution is 2.38. The van der Waals surface area contributed by atoms with Gasteiger partial charge in [0.25, 0.3) is 0 Å². The molecular weight excluding hydrogens is 201 g/mol. The third-order valence-electron chi connectivity index (χ3n) is 3.03. The summed E-state index contributed by atoms with van der Waals surface area (Å²) in [6.07, 6.45) is -2.64. The van der Waals surface area contributed by atoms with Crippen LogP contribution in [0.5, 0.6) is 0 Å². The lowest BCUT2D eigenvalue weighted by Gasteiger charge is -2.12. The van der Waals surface area contributed by atoms with Crippen molar-refractivity contribution in [3.8, 4) is 0 Å². The smallest absolute Gasteiger partial charge is 0.171 e. The molecule has 0 bridgehead atoms. The van der Waals surface area contributed by atoms with Gasteiger partial charge in [0.2, 0.25) is 0 Å². The Morgan fingerprint density at radius 1 is 1.20 bits per heavy atom. The molecule has 1 aliphatic rings. The number of alkyl halides is 3. The van der Waals surface area contributed by atoms with Gasteiger partial charge in [-0.15, -0.1) is 0 Å². The number of benzene rings is 1. The van der Waals surface area contributed by atoms with Crippen LogP contribution in [0, 0.1) is 0 Å². The Balaban J connectivity index is 2.02. The van der Waals surface area contributed by atoms with Gasteiger partial charge in [-0.1, -0.05) is 24.3 Å². The fourth-order valence-electron chi connectivity index (χ4n) is 2.28. The van der Waals surface area contributed by atoms with Crippen LogP contribution < -0.4 is 0 Å². The summed E-state index contributed by atoms with van der Waals surface area (Å²) in [6, 6.07) is 7.84. The van der Waals surface area contributed by atoms with Crippen molar-refractivity contribution in [3.05, 3.63) is 35.4 Å². The van der Waals surface area contributed by atoms with Gasteiger partial charge in [0.1, 0.15) is 0 Å². The Labute approximate surface area is 87.1 Å². The fourth-order valence-corrected chi connectivity index (χ4v) is 2.28. The van der Waals surface area contributed by atoms with E-state index < -0.39 is 12.6 Å². The Kier molecular flexibility index (Phi) is 2.72. The van der Waals surface area contributed by atoms with Gasteiger partial charge < -0.3 is 0 Å². The van der Waals surface area contributed by atoms with Crippen molar-refractivity contribution in [1.29, 1.82) is 0 Å². The van der Waals surface area contributed by atoms with E-state index >= 15 is 0 Å². The molecule has 0 spiro atoms. The molecule has 1 aromatic carbocycles. The van der Waals surface area contributed by atoms with Crippen LogP contribution in [-0.2, 0) is 6.42 Å². The van der Waals surface area contributed by atoms with Crippen LogP contribution in [0.15, 0.2) is 24.3 Å². The summed E-state index contributed by atoms with van der Waals surface area (Å²) in [7, 11) is 0. The Bertz CT molecular complexity index is 341. The number of aryl methyl sites for hydroxylation is 1. The maximum atomic E-state index is 12.1. The Hall–Kier alpha value is -0.990. The fraction of sp³-hybridized carbons (Fsp3) is 0.500. The molecule has 0 saturated heterocycles. The molecule has 1 aliphatic carbocycles. The molecule has 3 heteroatoms. The predicted octanol–water partition coefficient (Wildman–Crippen LogP) is 4.06. The molecule has 1 aromatic rings. The van der Waals surface area contributed by atoms with E-state index in [9.17, 15) is 13.2 Å². The van der Waals surface area contributed by atoms with E-state index in [4.69, 9.17) is 0 Å². The van der Waals surface area contributed by atoms with Gasteiger partial charge in [-0.2, -0.15) is 13.2 Å². The van der Waals surface area contributed by atoms with Crippen molar-refractivity contribution in [2.24, 2.45) is 0 Å². The Morgan fingerprint density at radius 3 is 2.67 bits per heavy atom. The normalized spacial score (nSPS) is 20.3. The molecule has 15 heavy (non-hydrogen) atoms. The third kappa shape index (κ3) is 2.52. The van der Waals surface area contributed by atoms with Crippen LogP contribution in [0.4, 0.5) is 13.2 Å². The summed E-state index contributed by atoms with van der Waals surface area (Å²) in [5.74, 6) is 0.114. The standard InChI is InChI=1S/C12H13F3/c13-12(14,15)8-7-10-6-5-9-3-1-2-4-11(9)10/h1-4,10H,5-8H2. The summed E-state index contributed by atoms with van der Waals surface area (Å²) in [5, 5.41) is 0. The monoisotopic (exact) mass is 214 g/mol. The van der Waals surface area contributed by atoms with Crippen LogP contribution in [0.2, 0.25) is 0 Å². The largest absolute Gasteiger partial charge is 0.389 e. The van der Waals surface area contributed by atoms with Crippen molar-refractivity contribution < 1.29 is 13.2 Å². The third-order valence-corrected chi connectivity index (χ3v) is 3.03. The average Bonchev–Trinajstić information content (AvgIpc) is 2.57. The molecule has 0 saturated carbocycles. The van der Waals surface area contributed by atoms with E-state index in [0.29, 0.717) is 0 Å². The van der Waals surface area contributed by atoms with Crippen molar-refractivity contribution in [2.75, 3.05) is 0 Å². The zero-order chi connectivity index (χ0) is 10.9. The first-order valence-electron chi connectivity index (χ1n) is 5.21. The second kappa shape index (κ2) is 3.87. The minimum atomic E-state index is -4.02. The zero-order valence-corrected chi connectivity index (χ0v) is 8.35. The summed E-state index contributed by atoms with van der Waals surface area (Å²) < 4.78 is 36.3. The van der Waals surface area contributed by atoms with E-state index in [2.05, 4.69) is 0 Å². The van der Waals surface area contributed by atoms with Crippen molar-refractivity contribution in [3.63, 3.8) is 0 Å². The first-order chi connectivity index (χ1) is 7.06. The highest BCUT2D eigenvalue weighted by atomic mass is 19.4. The van der Waals surface area contributed by atoms with Gasteiger partial charge in [0.05, 0.1) is 0 Å². The SMILES string of the molecule is FC(F)(F)CCC1CCc2ccccc21. The second-order valence-electron chi connectivity index (χ2n) is 4.09. The van der Waals surface area contributed by atoms with Gasteiger partial charge in [-0.3, -0.25) is 0 Å². The topological polar surface area (TPSA) is 0 Å².